The molecule has 0 saturated carbocycles. The van der Waals surface area contributed by atoms with Crippen LogP contribution in [0.4, 0.5) is 17.1 Å². The van der Waals surface area contributed by atoms with Gasteiger partial charge in [0.1, 0.15) is 0 Å². The highest BCUT2D eigenvalue weighted by Crippen LogP contribution is 2.50. The first-order valence-corrected chi connectivity index (χ1v) is 14.4. The van der Waals surface area contributed by atoms with Gasteiger partial charge < -0.3 is 4.90 Å². The smallest absolute Gasteiger partial charge is 0.0465 e. The molecule has 0 aliphatic heterocycles. The Morgan fingerprint density at radius 1 is 0.415 bits per heavy atom. The number of anilines is 3. The second-order valence-corrected chi connectivity index (χ2v) is 11.6. The Kier molecular flexibility index (Phi) is 6.09. The minimum absolute atomic E-state index is 0.0555. The predicted octanol–water partition coefficient (Wildman–Crippen LogP) is 11.1. The summed E-state index contributed by atoms with van der Waals surface area (Å²) in [6.07, 6.45) is 0. The summed E-state index contributed by atoms with van der Waals surface area (Å²) < 4.78 is 0. The van der Waals surface area contributed by atoms with Gasteiger partial charge in [-0.05, 0) is 87.8 Å². The molecule has 7 rings (SSSR count). The van der Waals surface area contributed by atoms with Crippen molar-refractivity contribution >= 4 is 17.1 Å². The van der Waals surface area contributed by atoms with Gasteiger partial charge in [0.25, 0.3) is 0 Å². The van der Waals surface area contributed by atoms with Gasteiger partial charge in [0.15, 0.2) is 0 Å². The van der Waals surface area contributed by atoms with Crippen LogP contribution in [-0.4, -0.2) is 0 Å². The zero-order valence-electron chi connectivity index (χ0n) is 23.8. The van der Waals surface area contributed by atoms with Crippen LogP contribution in [0.3, 0.4) is 0 Å². The van der Waals surface area contributed by atoms with Crippen molar-refractivity contribution in [1.82, 2.24) is 0 Å². The van der Waals surface area contributed by atoms with Gasteiger partial charge >= 0.3 is 0 Å². The van der Waals surface area contributed by atoms with Crippen molar-refractivity contribution in [1.29, 1.82) is 0 Å². The number of fused-ring (bicyclic) bond motifs is 3. The maximum Gasteiger partial charge on any atom is 0.0465 e. The average Bonchev–Trinajstić information content (AvgIpc) is 3.25. The number of nitrogens with zero attached hydrogens (tertiary/aromatic N) is 1. The standard InChI is InChI=1S/C40H33N/c1-28-13-15-30(16-14-28)32-19-23-34(24-20-32)41(33-21-17-31(18-22-33)29-9-5-4-6-10-29)35-25-26-37-36-11-7-8-12-38(36)40(2,3)39(37)27-35/h4-27H,1-3H3. The number of aryl methyl sites for hydroxylation is 1. The zero-order chi connectivity index (χ0) is 28.0. The third-order valence-electron chi connectivity index (χ3n) is 8.57. The van der Waals surface area contributed by atoms with Gasteiger partial charge in [-0.25, -0.2) is 0 Å². The molecule has 0 aromatic heterocycles. The second-order valence-electron chi connectivity index (χ2n) is 11.6. The van der Waals surface area contributed by atoms with E-state index in [9.17, 15) is 0 Å². The van der Waals surface area contributed by atoms with E-state index >= 15 is 0 Å². The molecule has 0 spiro atoms. The van der Waals surface area contributed by atoms with Crippen LogP contribution < -0.4 is 4.90 Å². The van der Waals surface area contributed by atoms with Crippen LogP contribution >= 0.6 is 0 Å². The molecule has 0 N–H and O–H groups in total. The SMILES string of the molecule is Cc1ccc(-c2ccc(N(c3ccc(-c4ccccc4)cc3)c3ccc4c(c3)C(C)(C)c3ccccc3-4)cc2)cc1. The van der Waals surface area contributed by atoms with E-state index in [4.69, 9.17) is 0 Å². The van der Waals surface area contributed by atoms with Crippen molar-refractivity contribution in [3.8, 4) is 33.4 Å². The number of hydrogen-bond acceptors (Lipinski definition) is 1. The molecule has 0 bridgehead atoms. The molecule has 41 heavy (non-hydrogen) atoms. The van der Waals surface area contributed by atoms with Gasteiger partial charge in [-0.2, -0.15) is 0 Å². The van der Waals surface area contributed by atoms with E-state index in [1.165, 1.54) is 55.8 Å². The van der Waals surface area contributed by atoms with Crippen LogP contribution in [0.25, 0.3) is 33.4 Å². The lowest BCUT2D eigenvalue weighted by Gasteiger charge is -2.28. The fourth-order valence-electron chi connectivity index (χ4n) is 6.26. The Morgan fingerprint density at radius 3 is 1.49 bits per heavy atom. The third kappa shape index (κ3) is 4.44. The van der Waals surface area contributed by atoms with Crippen LogP contribution in [-0.2, 0) is 5.41 Å². The molecular weight excluding hydrogens is 494 g/mol. The summed E-state index contributed by atoms with van der Waals surface area (Å²) >= 11 is 0. The average molecular weight is 528 g/mol. The molecule has 198 valence electrons. The summed E-state index contributed by atoms with van der Waals surface area (Å²) in [5, 5.41) is 0. The summed E-state index contributed by atoms with van der Waals surface area (Å²) in [5.41, 5.74) is 15.0. The largest absolute Gasteiger partial charge is 0.310 e. The fourth-order valence-corrected chi connectivity index (χ4v) is 6.26. The molecule has 0 radical (unpaired) electrons. The highest BCUT2D eigenvalue weighted by Gasteiger charge is 2.35. The van der Waals surface area contributed by atoms with Crippen molar-refractivity contribution in [3.63, 3.8) is 0 Å². The lowest BCUT2D eigenvalue weighted by atomic mass is 9.82. The molecule has 1 nitrogen and oxygen atoms in total. The third-order valence-corrected chi connectivity index (χ3v) is 8.57. The summed E-state index contributed by atoms with van der Waals surface area (Å²) in [6.45, 7) is 6.82. The normalized spacial score (nSPS) is 13.0. The van der Waals surface area contributed by atoms with Gasteiger partial charge in [-0.1, -0.05) is 129 Å². The Labute approximate surface area is 243 Å². The number of rotatable bonds is 5. The maximum atomic E-state index is 2.40. The monoisotopic (exact) mass is 527 g/mol. The molecule has 1 aliphatic carbocycles. The molecular formula is C40H33N. The van der Waals surface area contributed by atoms with Gasteiger partial charge in [0, 0.05) is 22.5 Å². The van der Waals surface area contributed by atoms with Crippen LogP contribution in [0.2, 0.25) is 0 Å². The van der Waals surface area contributed by atoms with Gasteiger partial charge in [-0.15, -0.1) is 0 Å². The highest BCUT2D eigenvalue weighted by molar-refractivity contribution is 5.86. The van der Waals surface area contributed by atoms with Gasteiger partial charge in [-0.3, -0.25) is 0 Å². The molecule has 0 amide bonds. The van der Waals surface area contributed by atoms with E-state index in [0.29, 0.717) is 0 Å². The Morgan fingerprint density at radius 2 is 0.878 bits per heavy atom. The van der Waals surface area contributed by atoms with Crippen molar-refractivity contribution in [2.75, 3.05) is 4.90 Å². The molecule has 0 fully saturated rings. The van der Waals surface area contributed by atoms with E-state index in [0.717, 1.165) is 11.4 Å². The van der Waals surface area contributed by atoms with E-state index in [2.05, 4.69) is 171 Å². The number of benzene rings is 6. The first-order chi connectivity index (χ1) is 20.0. The molecule has 6 aromatic carbocycles. The Balaban J connectivity index is 1.33. The molecule has 0 saturated heterocycles. The minimum Gasteiger partial charge on any atom is -0.310 e. The van der Waals surface area contributed by atoms with Gasteiger partial charge in [0.05, 0.1) is 0 Å². The van der Waals surface area contributed by atoms with Crippen molar-refractivity contribution < 1.29 is 0 Å². The van der Waals surface area contributed by atoms with E-state index in [-0.39, 0.29) is 5.41 Å². The molecule has 1 aliphatic rings. The molecule has 0 atom stereocenters. The van der Waals surface area contributed by atoms with Crippen LogP contribution in [0.1, 0.15) is 30.5 Å². The van der Waals surface area contributed by atoms with Crippen LogP contribution in [0.5, 0.6) is 0 Å². The van der Waals surface area contributed by atoms with Crippen LogP contribution in [0, 0.1) is 6.92 Å². The first-order valence-electron chi connectivity index (χ1n) is 14.4. The maximum absolute atomic E-state index is 2.40. The van der Waals surface area contributed by atoms with Crippen molar-refractivity contribution in [2.24, 2.45) is 0 Å². The molecule has 1 heteroatoms. The second kappa shape index (κ2) is 9.94. The quantitative estimate of drug-likeness (QED) is 0.215. The lowest BCUT2D eigenvalue weighted by molar-refractivity contribution is 0.660. The van der Waals surface area contributed by atoms with Gasteiger partial charge in [0.2, 0.25) is 0 Å². The summed E-state index contributed by atoms with van der Waals surface area (Å²) in [7, 11) is 0. The molecule has 0 unspecified atom stereocenters. The zero-order valence-corrected chi connectivity index (χ0v) is 23.8. The summed E-state index contributed by atoms with van der Waals surface area (Å²) in [4.78, 5) is 2.38. The van der Waals surface area contributed by atoms with Crippen molar-refractivity contribution in [3.05, 3.63) is 162 Å². The minimum atomic E-state index is -0.0555. The molecule has 6 aromatic rings. The van der Waals surface area contributed by atoms with E-state index in [1.807, 2.05) is 0 Å². The van der Waals surface area contributed by atoms with Crippen molar-refractivity contribution in [2.45, 2.75) is 26.2 Å². The Hall–Kier alpha value is -4.88. The fraction of sp³-hybridized carbons (Fsp3) is 0.100. The topological polar surface area (TPSA) is 3.24 Å². The van der Waals surface area contributed by atoms with E-state index < -0.39 is 0 Å². The van der Waals surface area contributed by atoms with Crippen LogP contribution in [0.15, 0.2) is 146 Å². The molecule has 0 heterocycles. The Bertz CT molecular complexity index is 1830. The lowest BCUT2D eigenvalue weighted by Crippen LogP contribution is -2.16. The highest BCUT2D eigenvalue weighted by atomic mass is 15.1. The summed E-state index contributed by atoms with van der Waals surface area (Å²) in [5.74, 6) is 0. The first kappa shape index (κ1) is 25.1. The van der Waals surface area contributed by atoms with E-state index in [1.54, 1.807) is 0 Å². The number of hydrogen-bond donors (Lipinski definition) is 0. The predicted molar refractivity (Wildman–Crippen MR) is 174 cm³/mol. The summed E-state index contributed by atoms with van der Waals surface area (Å²) in [6, 6.07) is 53.0.